The molecule has 1 atom stereocenters. The number of β-lactam (4-membered cyclic amide) rings is 1. The molecule has 1 aromatic rings. The zero-order valence-electron chi connectivity index (χ0n) is 15.6. The van der Waals surface area contributed by atoms with E-state index in [1.165, 1.54) is 4.90 Å². The van der Waals surface area contributed by atoms with Gasteiger partial charge >= 0.3 is 11.9 Å². The van der Waals surface area contributed by atoms with Crippen molar-refractivity contribution in [2.45, 2.75) is 57.7 Å². The van der Waals surface area contributed by atoms with Crippen LogP contribution in [0.1, 0.15) is 45.6 Å². The van der Waals surface area contributed by atoms with Gasteiger partial charge in [-0.1, -0.05) is 12.1 Å². The molecule has 0 spiro atoms. The van der Waals surface area contributed by atoms with Crippen LogP contribution < -0.4 is 4.74 Å². The van der Waals surface area contributed by atoms with Crippen LogP contribution in [0.15, 0.2) is 24.3 Å². The first kappa shape index (κ1) is 19.8. The Bertz CT molecular complexity index is 691. The van der Waals surface area contributed by atoms with E-state index in [4.69, 9.17) is 9.47 Å². The van der Waals surface area contributed by atoms with Gasteiger partial charge in [0.2, 0.25) is 5.91 Å². The van der Waals surface area contributed by atoms with E-state index in [0.717, 1.165) is 5.56 Å². The molecule has 142 valence electrons. The highest BCUT2D eigenvalue weighted by Crippen LogP contribution is 2.38. The smallest absolute Gasteiger partial charge is 0.330 e. The molecule has 1 aliphatic rings. The van der Waals surface area contributed by atoms with E-state index in [1.54, 1.807) is 52.1 Å². The molecule has 1 heterocycles. The third kappa shape index (κ3) is 4.33. The Morgan fingerprint density at radius 2 is 1.85 bits per heavy atom. The summed E-state index contributed by atoms with van der Waals surface area (Å²) in [5.41, 5.74) is -1.21. The summed E-state index contributed by atoms with van der Waals surface area (Å²) in [4.78, 5) is 37.2. The van der Waals surface area contributed by atoms with Crippen molar-refractivity contribution in [3.8, 4) is 5.75 Å². The van der Waals surface area contributed by atoms with Crippen molar-refractivity contribution in [3.05, 3.63) is 29.8 Å². The van der Waals surface area contributed by atoms with Crippen LogP contribution in [0.2, 0.25) is 0 Å². The van der Waals surface area contributed by atoms with E-state index >= 15 is 0 Å². The molecule has 0 aromatic heterocycles. The predicted octanol–water partition coefficient (Wildman–Crippen LogP) is 2.37. The van der Waals surface area contributed by atoms with Crippen molar-refractivity contribution >= 4 is 17.8 Å². The second-order valence-corrected chi connectivity index (χ2v) is 7.43. The Kier molecular flexibility index (Phi) is 5.59. The van der Waals surface area contributed by atoms with Gasteiger partial charge in [0.25, 0.3) is 0 Å². The number of aliphatic carboxylic acids is 1. The van der Waals surface area contributed by atoms with Crippen LogP contribution in [0.3, 0.4) is 0 Å². The van der Waals surface area contributed by atoms with Gasteiger partial charge in [-0.25, -0.2) is 4.79 Å². The molecule has 1 saturated heterocycles. The average Bonchev–Trinajstić information content (AvgIpc) is 2.55. The molecule has 0 bridgehead atoms. The molecule has 0 aliphatic carbocycles. The highest BCUT2D eigenvalue weighted by molar-refractivity contribution is 5.98. The molecule has 7 heteroatoms. The van der Waals surface area contributed by atoms with E-state index in [0.29, 0.717) is 5.75 Å². The van der Waals surface area contributed by atoms with Crippen molar-refractivity contribution in [3.63, 3.8) is 0 Å². The summed E-state index contributed by atoms with van der Waals surface area (Å²) in [5.74, 6) is -1.14. The number of carbonyl (C=O) groups is 3. The number of benzene rings is 1. The number of amides is 1. The number of ether oxygens (including phenoxy) is 2. The summed E-state index contributed by atoms with van der Waals surface area (Å²) in [6.45, 7) is 5.42. The summed E-state index contributed by atoms with van der Waals surface area (Å²) in [6.07, 6.45) is -0.142. The lowest BCUT2D eigenvalue weighted by molar-refractivity contribution is -0.179. The lowest BCUT2D eigenvalue weighted by atomic mass is 9.79. The predicted molar refractivity (Wildman–Crippen MR) is 93.6 cm³/mol. The topological polar surface area (TPSA) is 93.1 Å². The number of esters is 1. The number of hydrogen-bond donors (Lipinski definition) is 1. The number of carbonyl (C=O) groups excluding carboxylic acids is 2. The number of carboxylic acid groups (broad SMARTS) is 1. The highest BCUT2D eigenvalue weighted by atomic mass is 16.6. The van der Waals surface area contributed by atoms with Gasteiger partial charge < -0.3 is 19.5 Å². The maximum absolute atomic E-state index is 12.1. The zero-order chi connectivity index (χ0) is 19.5. The molecule has 2 rings (SSSR count). The minimum Gasteiger partial charge on any atom is -0.497 e. The van der Waals surface area contributed by atoms with Crippen molar-refractivity contribution in [2.24, 2.45) is 0 Å². The van der Waals surface area contributed by atoms with E-state index in [9.17, 15) is 19.5 Å². The van der Waals surface area contributed by atoms with Gasteiger partial charge in [0.15, 0.2) is 0 Å². The van der Waals surface area contributed by atoms with Gasteiger partial charge in [0, 0.05) is 13.0 Å². The van der Waals surface area contributed by atoms with Crippen LogP contribution >= 0.6 is 0 Å². The SMILES string of the molecule is COc1ccc(CN2C(=O)CC2(CCC(=O)OC(C)(C)C)C(=O)O)cc1. The van der Waals surface area contributed by atoms with Gasteiger partial charge in [-0.3, -0.25) is 9.59 Å². The zero-order valence-corrected chi connectivity index (χ0v) is 15.6. The maximum atomic E-state index is 12.1. The Morgan fingerprint density at radius 1 is 1.23 bits per heavy atom. The Labute approximate surface area is 152 Å². The monoisotopic (exact) mass is 363 g/mol. The van der Waals surface area contributed by atoms with Gasteiger partial charge in [-0.05, 0) is 44.9 Å². The average molecular weight is 363 g/mol. The van der Waals surface area contributed by atoms with Gasteiger partial charge in [0.05, 0.1) is 13.5 Å². The highest BCUT2D eigenvalue weighted by Gasteiger charge is 2.56. The van der Waals surface area contributed by atoms with Gasteiger partial charge in [0.1, 0.15) is 16.9 Å². The lowest BCUT2D eigenvalue weighted by Crippen LogP contribution is -2.67. The molecule has 1 fully saturated rings. The van der Waals surface area contributed by atoms with Crippen molar-refractivity contribution in [1.29, 1.82) is 0 Å². The summed E-state index contributed by atoms with van der Waals surface area (Å²) in [5, 5.41) is 9.71. The van der Waals surface area contributed by atoms with Crippen molar-refractivity contribution < 1.29 is 29.0 Å². The Morgan fingerprint density at radius 3 is 2.31 bits per heavy atom. The van der Waals surface area contributed by atoms with Gasteiger partial charge in [-0.15, -0.1) is 0 Å². The van der Waals surface area contributed by atoms with E-state index in [2.05, 4.69) is 0 Å². The van der Waals surface area contributed by atoms with Crippen LogP contribution in [0.25, 0.3) is 0 Å². The number of carboxylic acids is 1. The third-order valence-electron chi connectivity index (χ3n) is 4.32. The second-order valence-electron chi connectivity index (χ2n) is 7.43. The minimum absolute atomic E-state index is 0.0269. The number of hydrogen-bond acceptors (Lipinski definition) is 5. The third-order valence-corrected chi connectivity index (χ3v) is 4.32. The molecular formula is C19H25NO6. The lowest BCUT2D eigenvalue weighted by Gasteiger charge is -2.49. The number of nitrogens with zero attached hydrogens (tertiary/aromatic N) is 1. The van der Waals surface area contributed by atoms with E-state index in [1.807, 2.05) is 0 Å². The van der Waals surface area contributed by atoms with Crippen LogP contribution in [-0.4, -0.2) is 46.1 Å². The Hall–Kier alpha value is -2.57. The summed E-state index contributed by atoms with van der Waals surface area (Å²) < 4.78 is 10.3. The molecule has 1 N–H and O–H groups in total. The standard InChI is InChI=1S/C19H25NO6/c1-18(2,3)26-16(22)9-10-19(17(23)24)11-15(21)20(19)12-13-5-7-14(25-4)8-6-13/h5-8H,9-12H2,1-4H3,(H,23,24). The maximum Gasteiger partial charge on any atom is 0.330 e. The molecule has 1 amide bonds. The quantitative estimate of drug-likeness (QED) is 0.590. The summed E-state index contributed by atoms with van der Waals surface area (Å²) in [6, 6.07) is 7.07. The van der Waals surface area contributed by atoms with Gasteiger partial charge in [-0.2, -0.15) is 0 Å². The Balaban J connectivity index is 2.09. The minimum atomic E-state index is -1.37. The van der Waals surface area contributed by atoms with Crippen LogP contribution in [-0.2, 0) is 25.7 Å². The van der Waals surface area contributed by atoms with Crippen LogP contribution in [0.5, 0.6) is 5.75 Å². The summed E-state index contributed by atoms with van der Waals surface area (Å²) in [7, 11) is 1.56. The molecule has 7 nitrogen and oxygen atoms in total. The fourth-order valence-corrected chi connectivity index (χ4v) is 2.96. The number of likely N-dealkylation sites (tertiary alicyclic amines) is 1. The molecule has 1 unspecified atom stereocenters. The number of methoxy groups -OCH3 is 1. The molecule has 0 saturated carbocycles. The molecule has 26 heavy (non-hydrogen) atoms. The van der Waals surface area contributed by atoms with E-state index < -0.39 is 23.1 Å². The first-order valence-corrected chi connectivity index (χ1v) is 8.46. The van der Waals surface area contributed by atoms with Crippen molar-refractivity contribution in [1.82, 2.24) is 4.90 Å². The fourth-order valence-electron chi connectivity index (χ4n) is 2.96. The normalized spacial score (nSPS) is 19.7. The van der Waals surface area contributed by atoms with E-state index in [-0.39, 0.29) is 31.7 Å². The van der Waals surface area contributed by atoms with Crippen molar-refractivity contribution in [2.75, 3.05) is 7.11 Å². The second kappa shape index (κ2) is 7.35. The summed E-state index contributed by atoms with van der Waals surface area (Å²) >= 11 is 0. The van der Waals surface area contributed by atoms with Crippen LogP contribution in [0, 0.1) is 0 Å². The first-order valence-electron chi connectivity index (χ1n) is 8.46. The molecular weight excluding hydrogens is 338 g/mol. The van der Waals surface area contributed by atoms with Crippen LogP contribution in [0.4, 0.5) is 0 Å². The molecule has 0 radical (unpaired) electrons. The number of rotatable bonds is 7. The first-order chi connectivity index (χ1) is 12.1. The largest absolute Gasteiger partial charge is 0.497 e. The fraction of sp³-hybridized carbons (Fsp3) is 0.526. The molecule has 1 aliphatic heterocycles. The molecule has 1 aromatic carbocycles.